The number of hydrogen-bond donors (Lipinski definition) is 0. The van der Waals surface area contributed by atoms with Gasteiger partial charge in [0.1, 0.15) is 5.73 Å². The molecule has 0 unspecified atom stereocenters. The highest BCUT2D eigenvalue weighted by Crippen LogP contribution is 2.45. The van der Waals surface area contributed by atoms with Gasteiger partial charge in [-0.3, -0.25) is 4.79 Å². The van der Waals surface area contributed by atoms with E-state index in [-0.39, 0.29) is 17.2 Å². The van der Waals surface area contributed by atoms with Crippen LogP contribution in [-0.2, 0) is 14.1 Å². The molecule has 23 heavy (non-hydrogen) atoms. The van der Waals surface area contributed by atoms with E-state index in [0.717, 1.165) is 24.8 Å². The van der Waals surface area contributed by atoms with E-state index in [1.165, 1.54) is 0 Å². The number of carbonyl (C=O) groups is 1. The minimum Gasteiger partial charge on any atom is -0.398 e. The van der Waals surface area contributed by atoms with Crippen molar-refractivity contribution in [1.82, 2.24) is 4.90 Å². The van der Waals surface area contributed by atoms with Crippen LogP contribution in [-0.4, -0.2) is 41.7 Å². The molecule has 2 saturated heterocycles. The number of hydrogen-bond acceptors (Lipinski definition) is 3. The summed E-state index contributed by atoms with van der Waals surface area (Å²) in [5.41, 5.74) is -0.573. The Morgan fingerprint density at radius 1 is 1.04 bits per heavy atom. The first-order valence-corrected chi connectivity index (χ1v) is 8.58. The van der Waals surface area contributed by atoms with E-state index in [1.807, 2.05) is 39.6 Å². The summed E-state index contributed by atoms with van der Waals surface area (Å²) < 4.78 is 26.5. The van der Waals surface area contributed by atoms with Gasteiger partial charge < -0.3 is 14.2 Å². The van der Waals surface area contributed by atoms with Crippen LogP contribution in [0.25, 0.3) is 0 Å². The first kappa shape index (κ1) is 17.0. The zero-order valence-corrected chi connectivity index (χ0v) is 14.9. The van der Waals surface area contributed by atoms with E-state index in [1.54, 1.807) is 0 Å². The molecule has 3 fully saturated rings. The molecule has 0 N–H and O–H groups in total. The van der Waals surface area contributed by atoms with E-state index in [9.17, 15) is 9.18 Å². The molecule has 2 heterocycles. The van der Waals surface area contributed by atoms with Crippen LogP contribution in [0.2, 0.25) is 0 Å². The molecule has 128 valence electrons. The molecule has 0 radical (unpaired) electrons. The summed E-state index contributed by atoms with van der Waals surface area (Å²) in [5, 5.41) is 0. The van der Waals surface area contributed by atoms with Gasteiger partial charge in [0, 0.05) is 19.0 Å². The zero-order valence-electron chi connectivity index (χ0n) is 14.9. The van der Waals surface area contributed by atoms with Crippen molar-refractivity contribution in [2.75, 3.05) is 7.05 Å². The van der Waals surface area contributed by atoms with Gasteiger partial charge in [0.15, 0.2) is 0 Å². The highest BCUT2D eigenvalue weighted by Gasteiger charge is 2.54. The second kappa shape index (κ2) is 5.31. The third-order valence-corrected chi connectivity index (χ3v) is 6.47. The van der Waals surface area contributed by atoms with E-state index >= 15 is 0 Å². The molecular weight excluding hydrogens is 296 g/mol. The summed E-state index contributed by atoms with van der Waals surface area (Å²) in [6.07, 6.45) is 4.53. The zero-order chi connectivity index (χ0) is 17.0. The molecule has 3 rings (SSSR count). The Morgan fingerprint density at radius 3 is 1.96 bits per heavy atom. The van der Waals surface area contributed by atoms with Gasteiger partial charge in [-0.25, -0.2) is 4.39 Å². The molecule has 2 aliphatic heterocycles. The van der Waals surface area contributed by atoms with Crippen molar-refractivity contribution in [2.45, 2.75) is 83.0 Å². The summed E-state index contributed by atoms with van der Waals surface area (Å²) in [4.78, 5) is 13.7. The summed E-state index contributed by atoms with van der Waals surface area (Å²) in [5.74, 6) is 0.212. The lowest BCUT2D eigenvalue weighted by atomic mass is 9.73. The predicted molar refractivity (Wildman–Crippen MR) is 87.4 cm³/mol. The quantitative estimate of drug-likeness (QED) is 0.694. The predicted octanol–water partition coefficient (Wildman–Crippen LogP) is 3.41. The Kier molecular flexibility index (Phi) is 3.92. The van der Waals surface area contributed by atoms with Crippen LogP contribution in [0, 0.1) is 0 Å². The first-order chi connectivity index (χ1) is 10.6. The fraction of sp³-hybridized carbons (Fsp3) is 0.824. The number of carbonyl (C=O) groups excluding carboxylic acids is 1. The van der Waals surface area contributed by atoms with Gasteiger partial charge in [0.2, 0.25) is 5.91 Å². The van der Waals surface area contributed by atoms with Crippen molar-refractivity contribution >= 4 is 13.0 Å². The Morgan fingerprint density at radius 2 is 1.52 bits per heavy atom. The summed E-state index contributed by atoms with van der Waals surface area (Å²) in [7, 11) is 0.987. The molecule has 0 aromatic rings. The number of amides is 1. The molecule has 1 aliphatic carbocycles. The van der Waals surface area contributed by atoms with Gasteiger partial charge >= 0.3 is 7.12 Å². The third kappa shape index (κ3) is 2.64. The molecule has 4 nitrogen and oxygen atoms in total. The summed E-state index contributed by atoms with van der Waals surface area (Å²) in [6, 6.07) is 0. The Hall–Kier alpha value is -0.875. The van der Waals surface area contributed by atoms with Crippen molar-refractivity contribution in [3.8, 4) is 0 Å². The molecule has 3 aliphatic rings. The normalized spacial score (nSPS) is 33.0. The smallest absolute Gasteiger partial charge is 0.398 e. The third-order valence-electron chi connectivity index (χ3n) is 6.47. The Bertz CT molecular complexity index is 532. The van der Waals surface area contributed by atoms with Crippen LogP contribution < -0.4 is 0 Å². The lowest BCUT2D eigenvalue weighted by Crippen LogP contribution is -2.45. The van der Waals surface area contributed by atoms with Crippen LogP contribution in [0.4, 0.5) is 4.39 Å². The molecule has 0 atom stereocenters. The molecule has 1 spiro atoms. The minimum atomic E-state index is -0.896. The van der Waals surface area contributed by atoms with E-state index in [2.05, 4.69) is 0 Å². The SMILES string of the molecule is CN1C(=O)CCC12CCC(=C(F)B1OC(C)(C)C(C)(C)O1)CC2. The molecule has 1 amide bonds. The standard InChI is InChI=1S/C17H27BFNO3/c1-15(2)16(3,4)23-18(22-15)14(19)12-6-9-17(10-7-12)11-8-13(21)20(17)5/h6-11H2,1-5H3. The lowest BCUT2D eigenvalue weighted by molar-refractivity contribution is -0.130. The van der Waals surface area contributed by atoms with Crippen molar-refractivity contribution in [2.24, 2.45) is 0 Å². The molecule has 0 aromatic heterocycles. The number of allylic oxidation sites excluding steroid dienone is 1. The van der Waals surface area contributed by atoms with Crippen LogP contribution in [0.5, 0.6) is 0 Å². The van der Waals surface area contributed by atoms with Crippen molar-refractivity contribution < 1.29 is 18.5 Å². The second-order valence-electron chi connectivity index (χ2n) is 8.22. The van der Waals surface area contributed by atoms with E-state index in [4.69, 9.17) is 9.31 Å². The highest BCUT2D eigenvalue weighted by molar-refractivity contribution is 6.53. The number of nitrogens with zero attached hydrogens (tertiary/aromatic N) is 1. The first-order valence-electron chi connectivity index (χ1n) is 8.58. The van der Waals surface area contributed by atoms with Crippen molar-refractivity contribution in [3.05, 3.63) is 11.3 Å². The van der Waals surface area contributed by atoms with Gasteiger partial charge in [0.05, 0.1) is 11.2 Å². The number of likely N-dealkylation sites (tertiary alicyclic amines) is 1. The van der Waals surface area contributed by atoms with Crippen LogP contribution in [0.1, 0.15) is 66.2 Å². The topological polar surface area (TPSA) is 38.8 Å². The highest BCUT2D eigenvalue weighted by atomic mass is 19.1. The van der Waals surface area contributed by atoms with E-state index < -0.39 is 18.3 Å². The summed E-state index contributed by atoms with van der Waals surface area (Å²) in [6.45, 7) is 7.72. The van der Waals surface area contributed by atoms with Crippen molar-refractivity contribution in [1.29, 1.82) is 0 Å². The molecular formula is C17H27BFNO3. The maximum absolute atomic E-state index is 14.9. The van der Waals surface area contributed by atoms with Gasteiger partial charge in [-0.2, -0.15) is 0 Å². The second-order valence-corrected chi connectivity index (χ2v) is 8.22. The van der Waals surface area contributed by atoms with Gasteiger partial charge in [-0.05, 0) is 65.4 Å². The number of rotatable bonds is 1. The molecule has 0 aromatic carbocycles. The monoisotopic (exact) mass is 323 g/mol. The fourth-order valence-corrected chi connectivity index (χ4v) is 3.89. The lowest BCUT2D eigenvalue weighted by Gasteiger charge is -2.40. The Balaban J connectivity index is 1.72. The van der Waals surface area contributed by atoms with Crippen molar-refractivity contribution in [3.63, 3.8) is 0 Å². The molecule has 1 saturated carbocycles. The fourth-order valence-electron chi connectivity index (χ4n) is 3.89. The van der Waals surface area contributed by atoms with Gasteiger partial charge in [-0.15, -0.1) is 0 Å². The maximum Gasteiger partial charge on any atom is 0.525 e. The average molecular weight is 323 g/mol. The molecule has 6 heteroatoms. The maximum atomic E-state index is 14.9. The van der Waals surface area contributed by atoms with Gasteiger partial charge in [0.25, 0.3) is 0 Å². The molecule has 0 bridgehead atoms. The van der Waals surface area contributed by atoms with Crippen LogP contribution in [0.15, 0.2) is 11.3 Å². The number of halogens is 1. The summed E-state index contributed by atoms with van der Waals surface area (Å²) >= 11 is 0. The van der Waals surface area contributed by atoms with Crippen LogP contribution in [0.3, 0.4) is 0 Å². The largest absolute Gasteiger partial charge is 0.525 e. The van der Waals surface area contributed by atoms with Gasteiger partial charge in [-0.1, -0.05) is 0 Å². The Labute approximate surface area is 138 Å². The van der Waals surface area contributed by atoms with E-state index in [0.29, 0.717) is 19.3 Å². The minimum absolute atomic E-state index is 0.0587. The van der Waals surface area contributed by atoms with Crippen LogP contribution >= 0.6 is 0 Å². The average Bonchev–Trinajstić information content (AvgIpc) is 2.87.